The summed E-state index contributed by atoms with van der Waals surface area (Å²) in [6.45, 7) is 6.63. The Hall–Kier alpha value is -0.970. The van der Waals surface area contributed by atoms with E-state index in [4.69, 9.17) is 16.3 Å². The largest absolute Gasteiger partial charge is 0.444 e. The molecule has 0 unspecified atom stereocenters. The van der Waals surface area contributed by atoms with Crippen LogP contribution in [0, 0.1) is 0 Å². The molecule has 5 nitrogen and oxygen atoms in total. The number of likely N-dealkylation sites (tertiary alicyclic amines) is 1. The second-order valence-electron chi connectivity index (χ2n) is 5.41. The predicted octanol–water partition coefficient (Wildman–Crippen LogP) is 1.74. The lowest BCUT2D eigenvalue weighted by atomic mass is 10.2. The van der Waals surface area contributed by atoms with Crippen LogP contribution in [-0.4, -0.2) is 47.5 Å². The Morgan fingerprint density at radius 3 is 2.67 bits per heavy atom. The van der Waals surface area contributed by atoms with Gasteiger partial charge in [0.25, 0.3) is 0 Å². The number of alkyl halides is 1. The standard InChI is InChI=1S/C12H21ClN2O3/c1-12(2,3)18-11(17)15-6-4-5-9(15)8-14-10(16)7-13/h9H,4-8H2,1-3H3,(H,14,16)/t9-/m1/s1. The van der Waals surface area contributed by atoms with Crippen molar-refractivity contribution in [2.24, 2.45) is 0 Å². The first-order valence-corrected chi connectivity index (χ1v) is 6.69. The van der Waals surface area contributed by atoms with Gasteiger partial charge in [0.1, 0.15) is 11.5 Å². The maximum absolute atomic E-state index is 12.0. The highest BCUT2D eigenvalue weighted by Gasteiger charge is 2.32. The van der Waals surface area contributed by atoms with Gasteiger partial charge >= 0.3 is 6.09 Å². The van der Waals surface area contributed by atoms with Gasteiger partial charge in [0.2, 0.25) is 5.91 Å². The molecule has 1 rings (SSSR count). The average molecular weight is 277 g/mol. The number of hydrogen-bond acceptors (Lipinski definition) is 3. The molecule has 1 N–H and O–H groups in total. The molecule has 0 radical (unpaired) electrons. The van der Waals surface area contributed by atoms with Crippen molar-refractivity contribution in [3.63, 3.8) is 0 Å². The van der Waals surface area contributed by atoms with Gasteiger partial charge in [-0.05, 0) is 33.6 Å². The van der Waals surface area contributed by atoms with Crippen LogP contribution < -0.4 is 5.32 Å². The Kier molecular flexibility index (Phi) is 5.26. The zero-order chi connectivity index (χ0) is 13.8. The minimum Gasteiger partial charge on any atom is -0.444 e. The second kappa shape index (κ2) is 6.27. The summed E-state index contributed by atoms with van der Waals surface area (Å²) in [6, 6.07) is 0.00650. The third kappa shape index (κ3) is 4.72. The predicted molar refractivity (Wildman–Crippen MR) is 69.7 cm³/mol. The molecule has 0 bridgehead atoms. The molecule has 0 saturated carbocycles. The molecule has 1 aliphatic heterocycles. The quantitative estimate of drug-likeness (QED) is 0.799. The van der Waals surface area contributed by atoms with Gasteiger partial charge in [-0.2, -0.15) is 0 Å². The van der Waals surface area contributed by atoms with Crippen LogP contribution in [0.3, 0.4) is 0 Å². The van der Waals surface area contributed by atoms with E-state index in [0.717, 1.165) is 12.8 Å². The van der Waals surface area contributed by atoms with E-state index in [-0.39, 0.29) is 23.9 Å². The Morgan fingerprint density at radius 2 is 2.11 bits per heavy atom. The molecule has 0 aromatic rings. The molecule has 18 heavy (non-hydrogen) atoms. The van der Waals surface area contributed by atoms with Gasteiger partial charge in [-0.1, -0.05) is 0 Å². The third-order valence-corrected chi connectivity index (χ3v) is 2.90. The van der Waals surface area contributed by atoms with Gasteiger partial charge in [-0.25, -0.2) is 4.79 Å². The van der Waals surface area contributed by atoms with E-state index in [9.17, 15) is 9.59 Å². The second-order valence-corrected chi connectivity index (χ2v) is 5.67. The summed E-state index contributed by atoms with van der Waals surface area (Å²) in [7, 11) is 0. The summed E-state index contributed by atoms with van der Waals surface area (Å²) in [5.74, 6) is -0.271. The summed E-state index contributed by atoms with van der Waals surface area (Å²) >= 11 is 5.41. The summed E-state index contributed by atoms with van der Waals surface area (Å²) in [4.78, 5) is 24.7. The number of nitrogens with one attached hydrogen (secondary N) is 1. The lowest BCUT2D eigenvalue weighted by Crippen LogP contribution is -2.45. The fraction of sp³-hybridized carbons (Fsp3) is 0.833. The van der Waals surface area contributed by atoms with E-state index in [1.807, 2.05) is 20.8 Å². The number of rotatable bonds is 3. The van der Waals surface area contributed by atoms with Crippen molar-refractivity contribution < 1.29 is 14.3 Å². The minimum absolute atomic E-state index is 0.00650. The monoisotopic (exact) mass is 276 g/mol. The van der Waals surface area contributed by atoms with Crippen molar-refractivity contribution in [2.45, 2.75) is 45.3 Å². The molecule has 6 heteroatoms. The molecule has 104 valence electrons. The smallest absolute Gasteiger partial charge is 0.410 e. The van der Waals surface area contributed by atoms with Crippen LogP contribution in [-0.2, 0) is 9.53 Å². The highest BCUT2D eigenvalue weighted by Crippen LogP contribution is 2.20. The summed E-state index contributed by atoms with van der Waals surface area (Å²) in [5, 5.41) is 2.70. The van der Waals surface area contributed by atoms with Crippen LogP contribution in [0.1, 0.15) is 33.6 Å². The summed E-state index contributed by atoms with van der Waals surface area (Å²) in [6.07, 6.45) is 1.49. The van der Waals surface area contributed by atoms with Crippen molar-refractivity contribution >= 4 is 23.6 Å². The first-order chi connectivity index (χ1) is 8.33. The maximum Gasteiger partial charge on any atom is 0.410 e. The van der Waals surface area contributed by atoms with E-state index in [1.54, 1.807) is 4.90 Å². The normalized spacial score (nSPS) is 19.8. The molecule has 0 aromatic heterocycles. The minimum atomic E-state index is -0.496. The van der Waals surface area contributed by atoms with Crippen molar-refractivity contribution in [3.8, 4) is 0 Å². The first kappa shape index (κ1) is 15.1. The maximum atomic E-state index is 12.0. The van der Waals surface area contributed by atoms with Crippen LogP contribution >= 0.6 is 11.6 Å². The van der Waals surface area contributed by atoms with Gasteiger partial charge in [0.15, 0.2) is 0 Å². The molecule has 1 atom stereocenters. The van der Waals surface area contributed by atoms with Crippen LogP contribution in [0.4, 0.5) is 4.79 Å². The van der Waals surface area contributed by atoms with E-state index < -0.39 is 5.60 Å². The molecular formula is C12H21ClN2O3. The number of amides is 2. The van der Waals surface area contributed by atoms with Crippen molar-refractivity contribution in [1.29, 1.82) is 0 Å². The van der Waals surface area contributed by atoms with Gasteiger partial charge in [-0.15, -0.1) is 11.6 Å². The third-order valence-electron chi connectivity index (χ3n) is 2.66. The highest BCUT2D eigenvalue weighted by atomic mass is 35.5. The molecule has 2 amide bonds. The van der Waals surface area contributed by atoms with Crippen molar-refractivity contribution in [3.05, 3.63) is 0 Å². The SMILES string of the molecule is CC(C)(C)OC(=O)N1CCC[C@@H]1CNC(=O)CCl. The topological polar surface area (TPSA) is 58.6 Å². The molecule has 1 saturated heterocycles. The molecular weight excluding hydrogens is 256 g/mol. The zero-order valence-corrected chi connectivity index (χ0v) is 11.9. The lowest BCUT2D eigenvalue weighted by Gasteiger charge is -2.28. The van der Waals surface area contributed by atoms with Crippen LogP contribution in [0.25, 0.3) is 0 Å². The summed E-state index contributed by atoms with van der Waals surface area (Å²) < 4.78 is 5.33. The first-order valence-electron chi connectivity index (χ1n) is 6.16. The lowest BCUT2D eigenvalue weighted by molar-refractivity contribution is -0.118. The fourth-order valence-electron chi connectivity index (χ4n) is 1.89. The van der Waals surface area contributed by atoms with Crippen molar-refractivity contribution in [2.75, 3.05) is 19.0 Å². The Labute approximate surface area is 113 Å². The summed E-state index contributed by atoms with van der Waals surface area (Å²) in [5.41, 5.74) is -0.496. The van der Waals surface area contributed by atoms with Crippen LogP contribution in [0.5, 0.6) is 0 Å². The van der Waals surface area contributed by atoms with Gasteiger partial charge in [0, 0.05) is 13.1 Å². The van der Waals surface area contributed by atoms with E-state index in [1.165, 1.54) is 0 Å². The van der Waals surface area contributed by atoms with Crippen LogP contribution in [0.15, 0.2) is 0 Å². The molecule has 0 aromatic carbocycles. The number of carbonyl (C=O) groups is 2. The molecule has 1 fully saturated rings. The van der Waals surface area contributed by atoms with Gasteiger partial charge < -0.3 is 15.0 Å². The Morgan fingerprint density at radius 1 is 1.44 bits per heavy atom. The van der Waals surface area contributed by atoms with Crippen LogP contribution in [0.2, 0.25) is 0 Å². The fourth-order valence-corrected chi connectivity index (χ4v) is 1.98. The number of halogens is 1. The highest BCUT2D eigenvalue weighted by molar-refractivity contribution is 6.27. The number of nitrogens with zero attached hydrogens (tertiary/aromatic N) is 1. The van der Waals surface area contributed by atoms with E-state index in [0.29, 0.717) is 13.1 Å². The molecule has 0 aliphatic carbocycles. The Balaban J connectivity index is 2.49. The number of ether oxygens (including phenoxy) is 1. The molecule has 1 heterocycles. The number of hydrogen-bond donors (Lipinski definition) is 1. The molecule has 1 aliphatic rings. The zero-order valence-electron chi connectivity index (χ0n) is 11.2. The van der Waals surface area contributed by atoms with Gasteiger partial charge in [0.05, 0.1) is 6.04 Å². The average Bonchev–Trinajstić information content (AvgIpc) is 2.71. The van der Waals surface area contributed by atoms with E-state index >= 15 is 0 Å². The van der Waals surface area contributed by atoms with Gasteiger partial charge in [-0.3, -0.25) is 4.79 Å². The van der Waals surface area contributed by atoms with E-state index in [2.05, 4.69) is 5.32 Å². The molecule has 0 spiro atoms. The Bertz CT molecular complexity index is 315. The van der Waals surface area contributed by atoms with Crippen molar-refractivity contribution in [1.82, 2.24) is 10.2 Å². The number of carbonyl (C=O) groups excluding carboxylic acids is 2.